The van der Waals surface area contributed by atoms with Crippen molar-refractivity contribution in [2.24, 2.45) is 5.18 Å². The van der Waals surface area contributed by atoms with Gasteiger partial charge in [0.1, 0.15) is 0 Å². The molecule has 0 spiro atoms. The summed E-state index contributed by atoms with van der Waals surface area (Å²) in [5, 5.41) is 12.9. The molecule has 0 radical (unpaired) electrons. The molecule has 2 fully saturated rings. The van der Waals surface area contributed by atoms with Crippen LogP contribution in [0.4, 0.5) is 5.82 Å². The van der Waals surface area contributed by atoms with Gasteiger partial charge in [-0.3, -0.25) is 4.79 Å². The van der Waals surface area contributed by atoms with Crippen LogP contribution in [0.25, 0.3) is 0 Å². The number of H-pyrrole nitrogens is 1. The summed E-state index contributed by atoms with van der Waals surface area (Å²) >= 11 is 0. The quantitative estimate of drug-likeness (QED) is 0.656. The summed E-state index contributed by atoms with van der Waals surface area (Å²) in [6.07, 6.45) is 6.61. The van der Waals surface area contributed by atoms with Crippen molar-refractivity contribution in [2.75, 3.05) is 20.2 Å². The second-order valence-electron chi connectivity index (χ2n) is 5.43. The molecule has 7 heteroatoms. The number of likely N-dealkylation sites (tertiary alicyclic amines) is 1. The second kappa shape index (κ2) is 7.31. The lowest BCUT2D eigenvalue weighted by molar-refractivity contribution is -0.773. The van der Waals surface area contributed by atoms with E-state index in [4.69, 9.17) is 5.11 Å². The van der Waals surface area contributed by atoms with Gasteiger partial charge in [-0.1, -0.05) is 0 Å². The van der Waals surface area contributed by atoms with E-state index in [2.05, 4.69) is 10.3 Å². The van der Waals surface area contributed by atoms with Crippen molar-refractivity contribution in [3.63, 3.8) is 0 Å². The van der Waals surface area contributed by atoms with Crippen molar-refractivity contribution in [3.8, 4) is 0 Å². The van der Waals surface area contributed by atoms with E-state index < -0.39 is 0 Å². The Bertz CT molecular complexity index is 488. The Balaban J connectivity index is 0.000000774. The van der Waals surface area contributed by atoms with Crippen LogP contribution in [0.15, 0.2) is 11.2 Å². The molecule has 3 rings (SSSR count). The summed E-state index contributed by atoms with van der Waals surface area (Å²) in [7, 11) is 1.00. The van der Waals surface area contributed by atoms with E-state index in [1.54, 1.807) is 6.07 Å². The molecule has 21 heavy (non-hydrogen) atoms. The van der Waals surface area contributed by atoms with E-state index in [0.717, 1.165) is 45.9 Å². The molecule has 2 heterocycles. The van der Waals surface area contributed by atoms with Crippen molar-refractivity contribution in [1.29, 1.82) is 0 Å². The van der Waals surface area contributed by atoms with Gasteiger partial charge in [0, 0.05) is 33.0 Å². The third kappa shape index (κ3) is 3.29. The van der Waals surface area contributed by atoms with E-state index in [9.17, 15) is 9.70 Å². The Labute approximate surface area is 123 Å². The molecule has 1 aromatic heterocycles. The van der Waals surface area contributed by atoms with Crippen LogP contribution >= 0.6 is 0 Å². The van der Waals surface area contributed by atoms with Crippen LogP contribution in [0.3, 0.4) is 0 Å². The van der Waals surface area contributed by atoms with Crippen LogP contribution < -0.4 is 4.68 Å². The first kappa shape index (κ1) is 15.6. The van der Waals surface area contributed by atoms with E-state index in [1.807, 2.05) is 9.58 Å². The van der Waals surface area contributed by atoms with Gasteiger partial charge in [-0.25, -0.2) is 0 Å². The number of nitroso groups, excluding NO2 is 1. The van der Waals surface area contributed by atoms with Crippen molar-refractivity contribution < 1.29 is 14.6 Å². The fourth-order valence-corrected chi connectivity index (χ4v) is 3.16. The molecule has 1 aliphatic heterocycles. The fraction of sp³-hybridized carbons (Fsp3) is 0.714. The number of carbonyl (C=O) groups is 1. The molecule has 1 aliphatic carbocycles. The first-order valence-corrected chi connectivity index (χ1v) is 7.51. The maximum absolute atomic E-state index is 12.5. The van der Waals surface area contributed by atoms with Gasteiger partial charge in [0.2, 0.25) is 5.82 Å². The predicted octanol–water partition coefficient (Wildman–Crippen LogP) is 1.66. The van der Waals surface area contributed by atoms with Crippen LogP contribution in [0.1, 0.15) is 55.1 Å². The molecule has 0 aromatic carbocycles. The first-order chi connectivity index (χ1) is 10.3. The minimum absolute atomic E-state index is 0.0237. The Morgan fingerprint density at radius 3 is 2.48 bits per heavy atom. The Morgan fingerprint density at radius 2 is 1.90 bits per heavy atom. The summed E-state index contributed by atoms with van der Waals surface area (Å²) in [4.78, 5) is 25.1. The average Bonchev–Trinajstić information content (AvgIpc) is 3.27. The molecule has 7 nitrogen and oxygen atoms in total. The summed E-state index contributed by atoms with van der Waals surface area (Å²) in [5.41, 5.74) is 0.586. The zero-order chi connectivity index (χ0) is 15.2. The number of rotatable bonds is 3. The monoisotopic (exact) mass is 295 g/mol. The van der Waals surface area contributed by atoms with Gasteiger partial charge in [0.25, 0.3) is 5.69 Å². The highest BCUT2D eigenvalue weighted by molar-refractivity contribution is 5.91. The minimum Gasteiger partial charge on any atom is -0.400 e. The highest BCUT2D eigenvalue weighted by Gasteiger charge is 2.35. The van der Waals surface area contributed by atoms with Gasteiger partial charge < -0.3 is 10.0 Å². The highest BCUT2D eigenvalue weighted by atomic mass is 16.3. The van der Waals surface area contributed by atoms with E-state index >= 15 is 0 Å². The smallest absolute Gasteiger partial charge is 0.321 e. The number of hydrogen-bond donors (Lipinski definition) is 2. The Kier molecular flexibility index (Phi) is 5.44. The van der Waals surface area contributed by atoms with Crippen LogP contribution in [0.2, 0.25) is 0 Å². The number of nitrogens with zero attached hydrogens (tertiary/aromatic N) is 3. The molecule has 2 N–H and O–H groups in total. The molecule has 1 saturated heterocycles. The largest absolute Gasteiger partial charge is 0.400 e. The van der Waals surface area contributed by atoms with Crippen molar-refractivity contribution >= 4 is 11.7 Å². The second-order valence-corrected chi connectivity index (χ2v) is 5.43. The van der Waals surface area contributed by atoms with Crippen molar-refractivity contribution in [3.05, 3.63) is 16.7 Å². The minimum atomic E-state index is 0.0237. The summed E-state index contributed by atoms with van der Waals surface area (Å²) in [6.45, 7) is 1.64. The molecule has 0 bridgehead atoms. The normalized spacial score (nSPS) is 18.5. The van der Waals surface area contributed by atoms with Gasteiger partial charge in [-0.05, 0) is 30.9 Å². The summed E-state index contributed by atoms with van der Waals surface area (Å²) < 4.78 is 1.87. The molecule has 1 amide bonds. The fourth-order valence-electron chi connectivity index (χ4n) is 3.16. The molecule has 0 unspecified atom stereocenters. The first-order valence-electron chi connectivity index (χ1n) is 7.51. The average molecular weight is 295 g/mol. The number of aromatic nitrogens is 2. The van der Waals surface area contributed by atoms with Crippen molar-refractivity contribution in [2.45, 2.75) is 44.6 Å². The molecule has 2 aliphatic rings. The number of carbonyl (C=O) groups excluding carboxylic acids is 1. The van der Waals surface area contributed by atoms with E-state index in [0.29, 0.717) is 11.7 Å². The van der Waals surface area contributed by atoms with E-state index in [-0.39, 0.29) is 11.7 Å². The summed E-state index contributed by atoms with van der Waals surface area (Å²) in [6, 6.07) is 1.89. The van der Waals surface area contributed by atoms with Crippen LogP contribution in [0, 0.1) is 4.91 Å². The molecular formula is C14H23N4O3+. The van der Waals surface area contributed by atoms with Crippen LogP contribution in [-0.4, -0.2) is 41.2 Å². The lowest BCUT2D eigenvalue weighted by Crippen LogP contribution is -2.47. The van der Waals surface area contributed by atoms with E-state index in [1.165, 1.54) is 12.8 Å². The topological polar surface area (TPSA) is 89.6 Å². The number of aliphatic hydroxyl groups is 1. The van der Waals surface area contributed by atoms with Gasteiger partial charge >= 0.3 is 5.91 Å². The molecule has 1 aromatic rings. The Hall–Kier alpha value is -1.76. The molecule has 116 valence electrons. The van der Waals surface area contributed by atoms with Gasteiger partial charge in [0.15, 0.2) is 6.04 Å². The third-order valence-corrected chi connectivity index (χ3v) is 4.17. The van der Waals surface area contributed by atoms with Crippen LogP contribution in [0.5, 0.6) is 0 Å². The summed E-state index contributed by atoms with van der Waals surface area (Å²) in [5.74, 6) is 0.269. The number of nitrogens with one attached hydrogen (secondary N) is 1. The number of amides is 1. The lowest BCUT2D eigenvalue weighted by atomic mass is 10.2. The predicted molar refractivity (Wildman–Crippen MR) is 77.2 cm³/mol. The zero-order valence-corrected chi connectivity index (χ0v) is 12.4. The SMILES string of the molecule is CO.O=Nc1cc(C(=O)N2CCCC2)[n+](C2CCCC2)[nH]1. The molecule has 0 atom stereocenters. The number of hydrogen-bond acceptors (Lipinski definition) is 4. The standard InChI is InChI=1S/C13H18N4O2.CH4O/c18-13(16-7-3-4-8-16)11-9-12(15-19)14-17(11)10-5-1-2-6-10;1-2/h9-10H,1-8H2;2H,1H3/p+1. The van der Waals surface area contributed by atoms with Crippen molar-refractivity contribution in [1.82, 2.24) is 10.00 Å². The maximum Gasteiger partial charge on any atom is 0.321 e. The lowest BCUT2D eigenvalue weighted by Gasteiger charge is -2.13. The molecule has 1 saturated carbocycles. The maximum atomic E-state index is 12.5. The number of aromatic amines is 1. The number of aliphatic hydroxyl groups excluding tert-OH is 1. The van der Waals surface area contributed by atoms with Crippen LogP contribution in [-0.2, 0) is 0 Å². The molecular weight excluding hydrogens is 272 g/mol. The van der Waals surface area contributed by atoms with Gasteiger partial charge in [0.05, 0.1) is 6.07 Å². The third-order valence-electron chi connectivity index (χ3n) is 4.17. The van der Waals surface area contributed by atoms with Gasteiger partial charge in [-0.2, -0.15) is 0 Å². The zero-order valence-electron chi connectivity index (χ0n) is 12.4. The Morgan fingerprint density at radius 1 is 1.29 bits per heavy atom. The van der Waals surface area contributed by atoms with Gasteiger partial charge in [-0.15, -0.1) is 14.7 Å². The highest BCUT2D eigenvalue weighted by Crippen LogP contribution is 2.26.